The van der Waals surface area contributed by atoms with E-state index in [-0.39, 0.29) is 40.2 Å². The molecule has 0 atom stereocenters. The van der Waals surface area contributed by atoms with Crippen LogP contribution in [-0.4, -0.2) is 54.6 Å². The van der Waals surface area contributed by atoms with Crippen LogP contribution in [0.4, 0.5) is 11.5 Å². The lowest BCUT2D eigenvalue weighted by Crippen LogP contribution is -2.19. The first-order valence-corrected chi connectivity index (χ1v) is 9.38. The van der Waals surface area contributed by atoms with E-state index in [1.54, 1.807) is 6.07 Å². The number of rotatable bonds is 7. The molecule has 2 heterocycles. The Hall–Kier alpha value is -5.34. The SMILES string of the molecule is COc1cc(/C=N/NC(=O)c2nnn(-c3nonc3N)c2-c2ccc([N+](=O)[O-])cc2)ccc1O. The Bertz CT molecular complexity index is 1390. The second-order valence-electron chi connectivity index (χ2n) is 6.61. The Balaban J connectivity index is 1.67. The van der Waals surface area contributed by atoms with Gasteiger partial charge in [0.15, 0.2) is 17.2 Å². The number of methoxy groups -OCH3 is 1. The van der Waals surface area contributed by atoms with Gasteiger partial charge in [-0.05, 0) is 46.2 Å². The van der Waals surface area contributed by atoms with Gasteiger partial charge < -0.3 is 15.6 Å². The molecule has 4 N–H and O–H groups in total. The van der Waals surface area contributed by atoms with Crippen LogP contribution in [0.1, 0.15) is 16.1 Å². The Kier molecular flexibility index (Phi) is 5.81. The lowest BCUT2D eigenvalue weighted by Gasteiger charge is -2.06. The molecule has 2 aromatic carbocycles. The number of anilines is 1. The number of nitro benzene ring substituents is 1. The van der Waals surface area contributed by atoms with Gasteiger partial charge in [0.05, 0.1) is 18.2 Å². The molecule has 172 valence electrons. The zero-order valence-corrected chi connectivity index (χ0v) is 17.3. The number of phenols is 1. The second kappa shape index (κ2) is 9.03. The van der Waals surface area contributed by atoms with E-state index in [9.17, 15) is 20.0 Å². The molecule has 1 amide bonds. The topological polar surface area (TPSA) is 210 Å². The Labute approximate surface area is 189 Å². The van der Waals surface area contributed by atoms with Crippen LogP contribution in [0.25, 0.3) is 17.1 Å². The van der Waals surface area contributed by atoms with E-state index in [0.29, 0.717) is 11.1 Å². The van der Waals surface area contributed by atoms with Gasteiger partial charge in [-0.25, -0.2) is 10.1 Å². The van der Waals surface area contributed by atoms with Crippen LogP contribution in [0.15, 0.2) is 52.2 Å². The number of nitrogen functional groups attached to an aromatic ring is 1. The third-order valence-corrected chi connectivity index (χ3v) is 4.52. The smallest absolute Gasteiger partial charge is 0.294 e. The van der Waals surface area contributed by atoms with Gasteiger partial charge in [-0.3, -0.25) is 14.9 Å². The summed E-state index contributed by atoms with van der Waals surface area (Å²) in [7, 11) is 1.40. The van der Waals surface area contributed by atoms with Crippen LogP contribution in [0.2, 0.25) is 0 Å². The summed E-state index contributed by atoms with van der Waals surface area (Å²) in [6, 6.07) is 9.84. The van der Waals surface area contributed by atoms with Crippen molar-refractivity contribution in [2.24, 2.45) is 5.10 Å². The zero-order chi connectivity index (χ0) is 24.2. The second-order valence-corrected chi connectivity index (χ2v) is 6.61. The third kappa shape index (κ3) is 4.20. The summed E-state index contributed by atoms with van der Waals surface area (Å²) in [5.74, 6) is -0.692. The van der Waals surface area contributed by atoms with Crippen molar-refractivity contribution < 1.29 is 24.2 Å². The number of carbonyl (C=O) groups excluding carboxylic acids is 1. The molecule has 0 saturated carbocycles. The number of hydrazone groups is 1. The summed E-state index contributed by atoms with van der Waals surface area (Å²) in [4.78, 5) is 23.3. The zero-order valence-electron chi connectivity index (χ0n) is 17.3. The maximum atomic E-state index is 12.8. The van der Waals surface area contributed by atoms with Gasteiger partial charge in [0.2, 0.25) is 11.6 Å². The van der Waals surface area contributed by atoms with Gasteiger partial charge >= 0.3 is 0 Å². The fraction of sp³-hybridized carbons (Fsp3) is 0.0526. The van der Waals surface area contributed by atoms with Crippen LogP contribution < -0.4 is 15.9 Å². The first kappa shape index (κ1) is 21.9. The molecule has 2 aromatic heterocycles. The summed E-state index contributed by atoms with van der Waals surface area (Å²) in [6.07, 6.45) is 1.33. The first-order chi connectivity index (χ1) is 16.4. The number of aromatic nitrogens is 5. The van der Waals surface area contributed by atoms with E-state index in [1.165, 1.54) is 49.7 Å². The molecular formula is C19H15N9O6. The van der Waals surface area contributed by atoms with Gasteiger partial charge in [-0.15, -0.1) is 5.10 Å². The number of phenolic OH excluding ortho intramolecular Hbond substituents is 1. The molecule has 34 heavy (non-hydrogen) atoms. The maximum absolute atomic E-state index is 12.8. The number of benzene rings is 2. The van der Waals surface area contributed by atoms with Crippen molar-refractivity contribution in [3.63, 3.8) is 0 Å². The van der Waals surface area contributed by atoms with E-state index in [2.05, 4.69) is 35.8 Å². The minimum atomic E-state index is -0.739. The van der Waals surface area contributed by atoms with Crippen molar-refractivity contribution >= 4 is 23.6 Å². The molecule has 0 unspecified atom stereocenters. The molecule has 0 aliphatic rings. The Morgan fingerprint density at radius 1 is 1.29 bits per heavy atom. The first-order valence-electron chi connectivity index (χ1n) is 9.38. The average Bonchev–Trinajstić information content (AvgIpc) is 3.46. The molecule has 15 nitrogen and oxygen atoms in total. The Morgan fingerprint density at radius 2 is 2.06 bits per heavy atom. The number of amides is 1. The van der Waals surface area contributed by atoms with E-state index in [1.807, 2.05) is 0 Å². The number of hydrogen-bond donors (Lipinski definition) is 3. The lowest BCUT2D eigenvalue weighted by atomic mass is 10.1. The highest BCUT2D eigenvalue weighted by atomic mass is 16.6. The third-order valence-electron chi connectivity index (χ3n) is 4.52. The molecule has 15 heteroatoms. The van der Waals surface area contributed by atoms with Crippen molar-refractivity contribution in [3.05, 3.63) is 63.8 Å². The minimum Gasteiger partial charge on any atom is -0.504 e. The predicted molar refractivity (Wildman–Crippen MR) is 115 cm³/mol. The van der Waals surface area contributed by atoms with E-state index >= 15 is 0 Å². The van der Waals surface area contributed by atoms with Crippen molar-refractivity contribution in [2.45, 2.75) is 0 Å². The van der Waals surface area contributed by atoms with Gasteiger partial charge in [0.1, 0.15) is 5.69 Å². The highest BCUT2D eigenvalue weighted by molar-refractivity contribution is 5.98. The molecule has 0 bridgehead atoms. The molecule has 0 saturated heterocycles. The van der Waals surface area contributed by atoms with Crippen molar-refractivity contribution in [1.29, 1.82) is 0 Å². The maximum Gasteiger partial charge on any atom is 0.294 e. The molecule has 0 spiro atoms. The van der Waals surface area contributed by atoms with Crippen LogP contribution >= 0.6 is 0 Å². The summed E-state index contributed by atoms with van der Waals surface area (Å²) in [5, 5.41) is 39.5. The number of aromatic hydroxyl groups is 1. The fourth-order valence-electron chi connectivity index (χ4n) is 2.91. The van der Waals surface area contributed by atoms with Crippen LogP contribution in [0.5, 0.6) is 11.5 Å². The molecular weight excluding hydrogens is 450 g/mol. The van der Waals surface area contributed by atoms with E-state index < -0.39 is 10.8 Å². The van der Waals surface area contributed by atoms with Gasteiger partial charge in [0, 0.05) is 17.7 Å². The van der Waals surface area contributed by atoms with Gasteiger partial charge in [-0.1, -0.05) is 5.21 Å². The number of carbonyl (C=O) groups is 1. The molecule has 4 aromatic rings. The molecule has 4 rings (SSSR count). The summed E-state index contributed by atoms with van der Waals surface area (Å²) in [5.41, 5.74) is 8.77. The number of nitro groups is 1. The van der Waals surface area contributed by atoms with Crippen LogP contribution in [0, 0.1) is 10.1 Å². The highest BCUT2D eigenvalue weighted by Gasteiger charge is 2.25. The van der Waals surface area contributed by atoms with Crippen molar-refractivity contribution in [3.8, 4) is 28.6 Å². The number of nitrogens with two attached hydrogens (primary N) is 1. The molecule has 0 fully saturated rings. The van der Waals surface area contributed by atoms with Crippen molar-refractivity contribution in [2.75, 3.05) is 12.8 Å². The largest absolute Gasteiger partial charge is 0.504 e. The Morgan fingerprint density at radius 3 is 2.71 bits per heavy atom. The summed E-state index contributed by atoms with van der Waals surface area (Å²) < 4.78 is 10.7. The number of nitrogens with one attached hydrogen (secondary N) is 1. The van der Waals surface area contributed by atoms with E-state index in [4.69, 9.17) is 10.5 Å². The number of ether oxygens (including phenoxy) is 1. The fourth-order valence-corrected chi connectivity index (χ4v) is 2.91. The molecule has 0 aliphatic carbocycles. The summed E-state index contributed by atoms with van der Waals surface area (Å²) >= 11 is 0. The van der Waals surface area contributed by atoms with Crippen LogP contribution in [0.3, 0.4) is 0 Å². The lowest BCUT2D eigenvalue weighted by molar-refractivity contribution is -0.384. The minimum absolute atomic E-state index is 0.0282. The van der Waals surface area contributed by atoms with Crippen molar-refractivity contribution in [1.82, 2.24) is 30.7 Å². The average molecular weight is 465 g/mol. The number of non-ortho nitro benzene ring substituents is 1. The van der Waals surface area contributed by atoms with Gasteiger partial charge in [0.25, 0.3) is 11.6 Å². The van der Waals surface area contributed by atoms with E-state index in [0.717, 1.165) is 4.68 Å². The number of nitrogens with zero attached hydrogens (tertiary/aromatic N) is 7. The highest BCUT2D eigenvalue weighted by Crippen LogP contribution is 2.28. The standard InChI is InChI=1S/C19H15N9O6/c1-33-14-8-10(2-7-13(14)29)9-21-23-19(30)15-16(11-3-5-12(6-4-11)28(31)32)27(26-22-15)18-17(20)24-34-25-18/h2-9,29H,1H3,(H2,20,24)(H,23,30)/b21-9+. The molecule has 0 aliphatic heterocycles. The predicted octanol–water partition coefficient (Wildman–Crippen LogP) is 1.29. The number of hydrogen-bond acceptors (Lipinski definition) is 12. The normalized spacial score (nSPS) is 11.0. The monoisotopic (exact) mass is 465 g/mol. The quantitative estimate of drug-likeness (QED) is 0.201. The summed E-state index contributed by atoms with van der Waals surface area (Å²) in [6.45, 7) is 0. The molecule has 0 radical (unpaired) electrons. The van der Waals surface area contributed by atoms with Crippen LogP contribution in [-0.2, 0) is 0 Å². The van der Waals surface area contributed by atoms with Gasteiger partial charge in [-0.2, -0.15) is 9.78 Å².